The number of hydrogen-bond donors (Lipinski definition) is 2. The summed E-state index contributed by atoms with van der Waals surface area (Å²) in [6.07, 6.45) is -0.232. The fourth-order valence-electron chi connectivity index (χ4n) is 4.28. The normalized spacial score (nSPS) is 17.3. The van der Waals surface area contributed by atoms with E-state index in [0.29, 0.717) is 24.2 Å². The Morgan fingerprint density at radius 3 is 2.29 bits per heavy atom. The van der Waals surface area contributed by atoms with E-state index in [1.807, 2.05) is 84.9 Å². The Balaban J connectivity index is 1.42. The lowest BCUT2D eigenvalue weighted by molar-refractivity contribution is -0.122. The van der Waals surface area contributed by atoms with E-state index in [2.05, 4.69) is 10.5 Å². The number of oxime groups is 1. The third-order valence-corrected chi connectivity index (χ3v) is 6.08. The molecule has 1 fully saturated rings. The number of hydrogen-bond acceptors (Lipinski definition) is 5. The zero-order valence-electron chi connectivity index (χ0n) is 19.6. The van der Waals surface area contributed by atoms with Gasteiger partial charge in [-0.25, -0.2) is 0 Å². The van der Waals surface area contributed by atoms with Gasteiger partial charge in [-0.15, -0.1) is 0 Å². The highest BCUT2D eigenvalue weighted by Gasteiger charge is 2.35. The summed E-state index contributed by atoms with van der Waals surface area (Å²) in [5.41, 5.74) is 4.10. The van der Waals surface area contributed by atoms with Crippen LogP contribution in [-0.2, 0) is 9.63 Å². The van der Waals surface area contributed by atoms with E-state index in [1.54, 1.807) is 4.90 Å². The van der Waals surface area contributed by atoms with Crippen LogP contribution in [0.25, 0.3) is 11.1 Å². The third kappa shape index (κ3) is 6.13. The first-order valence-corrected chi connectivity index (χ1v) is 11.6. The van der Waals surface area contributed by atoms with Gasteiger partial charge in [-0.3, -0.25) is 9.59 Å². The Morgan fingerprint density at radius 1 is 1.00 bits per heavy atom. The summed E-state index contributed by atoms with van der Waals surface area (Å²) >= 11 is 0. The van der Waals surface area contributed by atoms with Crippen molar-refractivity contribution in [3.8, 4) is 11.1 Å². The number of nitrogens with zero attached hydrogens (tertiary/aromatic N) is 2. The van der Waals surface area contributed by atoms with Crippen molar-refractivity contribution in [1.82, 2.24) is 10.2 Å². The van der Waals surface area contributed by atoms with Crippen molar-refractivity contribution in [3.63, 3.8) is 0 Å². The van der Waals surface area contributed by atoms with Crippen LogP contribution in [0.5, 0.6) is 0 Å². The Hall–Kier alpha value is -3.97. The molecule has 0 unspecified atom stereocenters. The lowest BCUT2D eigenvalue weighted by atomic mass is 10.0. The fraction of sp³-hybridized carbons (Fsp3) is 0.250. The molecular formula is C28H29N3O4. The first-order chi connectivity index (χ1) is 17.0. The zero-order valence-corrected chi connectivity index (χ0v) is 19.6. The number of rotatable bonds is 8. The molecule has 180 valence electrons. The Bertz CT molecular complexity index is 1160. The van der Waals surface area contributed by atoms with Gasteiger partial charge in [-0.05, 0) is 28.8 Å². The molecule has 0 saturated carbocycles. The van der Waals surface area contributed by atoms with Gasteiger partial charge in [0.05, 0.1) is 18.4 Å². The second-order valence-electron chi connectivity index (χ2n) is 8.51. The molecule has 2 atom stereocenters. The lowest BCUT2D eigenvalue weighted by Crippen LogP contribution is -2.40. The molecule has 0 aliphatic carbocycles. The SMILES string of the molecule is CON=C1C[C@@H](CC(=O)NC[C@@H](O)c2ccccc2)N(C(=O)c2ccc(-c3ccccc3)cc2)C1. The minimum atomic E-state index is -0.796. The van der Waals surface area contributed by atoms with Crippen molar-refractivity contribution in [2.24, 2.45) is 5.16 Å². The highest BCUT2D eigenvalue weighted by atomic mass is 16.6. The van der Waals surface area contributed by atoms with Crippen LogP contribution in [-0.4, -0.2) is 53.8 Å². The maximum Gasteiger partial charge on any atom is 0.254 e. The summed E-state index contributed by atoms with van der Waals surface area (Å²) in [4.78, 5) is 32.6. The van der Waals surface area contributed by atoms with Crippen LogP contribution in [0.3, 0.4) is 0 Å². The fourth-order valence-corrected chi connectivity index (χ4v) is 4.28. The highest BCUT2D eigenvalue weighted by molar-refractivity contribution is 6.01. The molecular weight excluding hydrogens is 442 g/mol. The summed E-state index contributed by atoms with van der Waals surface area (Å²) < 4.78 is 0. The molecule has 0 radical (unpaired) electrons. The molecule has 1 aliphatic heterocycles. The van der Waals surface area contributed by atoms with Crippen molar-refractivity contribution in [2.75, 3.05) is 20.2 Å². The molecule has 1 heterocycles. The molecule has 3 aromatic rings. The topological polar surface area (TPSA) is 91.2 Å². The number of carbonyl (C=O) groups excluding carboxylic acids is 2. The van der Waals surface area contributed by atoms with Gasteiger partial charge in [0, 0.05) is 31.0 Å². The summed E-state index contributed by atoms with van der Waals surface area (Å²) in [6.45, 7) is 0.404. The number of aliphatic hydroxyl groups excluding tert-OH is 1. The number of nitrogens with one attached hydrogen (secondary N) is 1. The Kier molecular flexibility index (Phi) is 7.90. The van der Waals surface area contributed by atoms with Crippen LogP contribution in [0.4, 0.5) is 0 Å². The standard InChI is InChI=1S/C28H29N3O4/c1-35-30-24-16-25(17-27(33)29-18-26(32)22-10-6-3-7-11-22)31(19-24)28(34)23-14-12-21(13-15-23)20-8-4-2-5-9-20/h2-15,25-26,32H,16-19H2,1H3,(H,29,33)/t25-,26+/m0/s1. The van der Waals surface area contributed by atoms with Gasteiger partial charge in [0.15, 0.2) is 0 Å². The average molecular weight is 472 g/mol. The van der Waals surface area contributed by atoms with Crippen LogP contribution in [0.15, 0.2) is 90.1 Å². The van der Waals surface area contributed by atoms with Gasteiger partial charge >= 0.3 is 0 Å². The first kappa shape index (κ1) is 24.2. The van der Waals surface area contributed by atoms with E-state index >= 15 is 0 Å². The molecule has 7 nitrogen and oxygen atoms in total. The number of benzene rings is 3. The van der Waals surface area contributed by atoms with Crippen molar-refractivity contribution >= 4 is 17.5 Å². The van der Waals surface area contributed by atoms with Crippen LogP contribution in [0.1, 0.15) is 34.9 Å². The van der Waals surface area contributed by atoms with Gasteiger partial charge < -0.3 is 20.2 Å². The molecule has 0 bridgehead atoms. The molecule has 35 heavy (non-hydrogen) atoms. The van der Waals surface area contributed by atoms with Gasteiger partial charge in [-0.1, -0.05) is 78.0 Å². The van der Waals surface area contributed by atoms with Crippen LogP contribution < -0.4 is 5.32 Å². The smallest absolute Gasteiger partial charge is 0.254 e. The first-order valence-electron chi connectivity index (χ1n) is 11.6. The van der Waals surface area contributed by atoms with E-state index in [4.69, 9.17) is 4.84 Å². The molecule has 0 aromatic heterocycles. The van der Waals surface area contributed by atoms with Gasteiger partial charge in [0.2, 0.25) is 5.91 Å². The molecule has 1 saturated heterocycles. The van der Waals surface area contributed by atoms with Gasteiger partial charge in [-0.2, -0.15) is 0 Å². The minimum Gasteiger partial charge on any atom is -0.399 e. The lowest BCUT2D eigenvalue weighted by Gasteiger charge is -2.24. The van der Waals surface area contributed by atoms with E-state index < -0.39 is 6.10 Å². The predicted octanol–water partition coefficient (Wildman–Crippen LogP) is 3.81. The summed E-state index contributed by atoms with van der Waals surface area (Å²) in [7, 11) is 1.46. The molecule has 0 spiro atoms. The minimum absolute atomic E-state index is 0.101. The molecule has 3 aromatic carbocycles. The van der Waals surface area contributed by atoms with Crippen molar-refractivity contribution < 1.29 is 19.5 Å². The van der Waals surface area contributed by atoms with Gasteiger partial charge in [0.1, 0.15) is 7.11 Å². The van der Waals surface area contributed by atoms with E-state index in [1.165, 1.54) is 7.11 Å². The largest absolute Gasteiger partial charge is 0.399 e. The zero-order chi connectivity index (χ0) is 24.6. The Morgan fingerprint density at radius 2 is 1.63 bits per heavy atom. The van der Waals surface area contributed by atoms with Crippen LogP contribution in [0, 0.1) is 0 Å². The second-order valence-corrected chi connectivity index (χ2v) is 8.51. The van der Waals surface area contributed by atoms with Crippen molar-refractivity contribution in [1.29, 1.82) is 0 Å². The quantitative estimate of drug-likeness (QED) is 0.489. The van der Waals surface area contributed by atoms with E-state index in [0.717, 1.165) is 16.7 Å². The number of amides is 2. The third-order valence-electron chi connectivity index (χ3n) is 6.08. The summed E-state index contributed by atoms with van der Waals surface area (Å²) in [6, 6.07) is 26.3. The number of likely N-dealkylation sites (tertiary alicyclic amines) is 1. The second kappa shape index (κ2) is 11.4. The number of carbonyl (C=O) groups is 2. The van der Waals surface area contributed by atoms with Crippen LogP contribution >= 0.6 is 0 Å². The molecule has 2 N–H and O–H groups in total. The highest BCUT2D eigenvalue weighted by Crippen LogP contribution is 2.24. The molecule has 7 heteroatoms. The van der Waals surface area contributed by atoms with Crippen molar-refractivity contribution in [3.05, 3.63) is 96.1 Å². The predicted molar refractivity (Wildman–Crippen MR) is 135 cm³/mol. The Labute approximate surface area is 205 Å². The average Bonchev–Trinajstić information content (AvgIpc) is 3.30. The van der Waals surface area contributed by atoms with Crippen LogP contribution in [0.2, 0.25) is 0 Å². The maximum atomic E-state index is 13.3. The summed E-state index contributed by atoms with van der Waals surface area (Å²) in [5, 5.41) is 17.1. The van der Waals surface area contributed by atoms with Gasteiger partial charge in [0.25, 0.3) is 5.91 Å². The molecule has 4 rings (SSSR count). The number of aliphatic hydroxyl groups is 1. The van der Waals surface area contributed by atoms with Crippen molar-refractivity contribution in [2.45, 2.75) is 25.0 Å². The summed E-state index contributed by atoms with van der Waals surface area (Å²) in [5.74, 6) is -0.395. The monoisotopic (exact) mass is 471 g/mol. The molecule has 2 amide bonds. The molecule has 1 aliphatic rings. The van der Waals surface area contributed by atoms with E-state index in [9.17, 15) is 14.7 Å². The van der Waals surface area contributed by atoms with E-state index in [-0.39, 0.29) is 30.8 Å². The maximum absolute atomic E-state index is 13.3.